The first kappa shape index (κ1) is 13.1. The van der Waals surface area contributed by atoms with Crippen molar-refractivity contribution in [2.24, 2.45) is 0 Å². The van der Waals surface area contributed by atoms with E-state index in [0.29, 0.717) is 0 Å². The Kier molecular flexibility index (Phi) is 4.90. The molecular formula is C13H22N2O. The van der Waals surface area contributed by atoms with E-state index in [4.69, 9.17) is 4.74 Å². The summed E-state index contributed by atoms with van der Waals surface area (Å²) in [7, 11) is 0. The molecule has 0 aliphatic heterocycles. The lowest BCUT2D eigenvalue weighted by Gasteiger charge is -2.34. The van der Waals surface area contributed by atoms with Crippen molar-refractivity contribution < 1.29 is 4.74 Å². The third kappa shape index (κ3) is 3.29. The van der Waals surface area contributed by atoms with Gasteiger partial charge in [0.15, 0.2) is 0 Å². The molecule has 1 aromatic rings. The average Bonchev–Trinajstić information content (AvgIpc) is 2.27. The van der Waals surface area contributed by atoms with Crippen molar-refractivity contribution in [3.05, 3.63) is 30.1 Å². The molecule has 0 saturated carbocycles. The number of rotatable bonds is 6. The minimum Gasteiger partial charge on any atom is -0.374 e. The van der Waals surface area contributed by atoms with Gasteiger partial charge in [-0.05, 0) is 38.9 Å². The summed E-state index contributed by atoms with van der Waals surface area (Å²) in [6.07, 6.45) is 3.69. The van der Waals surface area contributed by atoms with E-state index in [2.05, 4.69) is 37.1 Å². The molecule has 0 spiro atoms. The predicted molar refractivity (Wildman–Crippen MR) is 66.4 cm³/mol. The highest BCUT2D eigenvalue weighted by molar-refractivity contribution is 5.17. The lowest BCUT2D eigenvalue weighted by Crippen LogP contribution is -2.41. The number of likely N-dealkylation sites (N-methyl/N-ethyl adjacent to an activating group) is 1. The first-order chi connectivity index (χ1) is 7.61. The van der Waals surface area contributed by atoms with E-state index in [1.54, 1.807) is 6.20 Å². The van der Waals surface area contributed by atoms with Crippen molar-refractivity contribution in [1.29, 1.82) is 0 Å². The van der Waals surface area contributed by atoms with Gasteiger partial charge in [0.2, 0.25) is 0 Å². The zero-order valence-electron chi connectivity index (χ0n) is 10.7. The van der Waals surface area contributed by atoms with Crippen LogP contribution in [0.15, 0.2) is 24.5 Å². The maximum absolute atomic E-state index is 5.81. The predicted octanol–water partition coefficient (Wildman–Crippen LogP) is 2.55. The fraction of sp³-hybridized carbons (Fsp3) is 0.615. The Balaban J connectivity index is 2.90. The molecule has 0 aliphatic carbocycles. The van der Waals surface area contributed by atoms with Crippen LogP contribution in [0.4, 0.5) is 0 Å². The molecule has 0 bridgehead atoms. The van der Waals surface area contributed by atoms with E-state index in [9.17, 15) is 0 Å². The SMILES string of the molecule is CCNC(c1cccnc1)C(C)(C)OCC. The number of aromatic nitrogens is 1. The fourth-order valence-electron chi connectivity index (χ4n) is 1.97. The molecule has 1 aromatic heterocycles. The third-order valence-electron chi connectivity index (χ3n) is 2.64. The van der Waals surface area contributed by atoms with Gasteiger partial charge in [-0.2, -0.15) is 0 Å². The number of nitrogens with zero attached hydrogens (tertiary/aromatic N) is 1. The molecule has 3 nitrogen and oxygen atoms in total. The molecule has 3 heteroatoms. The van der Waals surface area contributed by atoms with E-state index in [-0.39, 0.29) is 11.6 Å². The molecule has 0 amide bonds. The van der Waals surface area contributed by atoms with Crippen LogP contribution in [-0.2, 0) is 4.74 Å². The second-order valence-corrected chi connectivity index (χ2v) is 4.31. The first-order valence-electron chi connectivity index (χ1n) is 5.89. The Morgan fingerprint density at radius 1 is 1.44 bits per heavy atom. The highest BCUT2D eigenvalue weighted by Gasteiger charge is 2.30. The van der Waals surface area contributed by atoms with Gasteiger partial charge in [0.1, 0.15) is 0 Å². The van der Waals surface area contributed by atoms with Gasteiger partial charge in [-0.1, -0.05) is 13.0 Å². The van der Waals surface area contributed by atoms with Crippen molar-refractivity contribution in [2.75, 3.05) is 13.2 Å². The second-order valence-electron chi connectivity index (χ2n) is 4.31. The Bertz CT molecular complexity index is 298. The third-order valence-corrected chi connectivity index (χ3v) is 2.64. The van der Waals surface area contributed by atoms with Crippen LogP contribution in [0.3, 0.4) is 0 Å². The normalized spacial score (nSPS) is 13.8. The lowest BCUT2D eigenvalue weighted by molar-refractivity contribution is -0.0389. The summed E-state index contributed by atoms with van der Waals surface area (Å²) in [5, 5.41) is 3.46. The van der Waals surface area contributed by atoms with E-state index in [1.807, 2.05) is 19.2 Å². The van der Waals surface area contributed by atoms with Gasteiger partial charge in [-0.25, -0.2) is 0 Å². The molecule has 0 saturated heterocycles. The van der Waals surface area contributed by atoms with Crippen LogP contribution in [0.25, 0.3) is 0 Å². The number of nitrogens with one attached hydrogen (secondary N) is 1. The van der Waals surface area contributed by atoms with Gasteiger partial charge >= 0.3 is 0 Å². The van der Waals surface area contributed by atoms with E-state index in [1.165, 1.54) is 5.56 Å². The van der Waals surface area contributed by atoms with E-state index < -0.39 is 0 Å². The zero-order chi connectivity index (χ0) is 12.0. The summed E-state index contributed by atoms with van der Waals surface area (Å²) in [5.74, 6) is 0. The Labute approximate surface area is 98.2 Å². The molecule has 1 rings (SSSR count). The smallest absolute Gasteiger partial charge is 0.0820 e. The van der Waals surface area contributed by atoms with Gasteiger partial charge in [0.25, 0.3) is 0 Å². The van der Waals surface area contributed by atoms with Gasteiger partial charge < -0.3 is 10.1 Å². The van der Waals surface area contributed by atoms with Crippen LogP contribution >= 0.6 is 0 Å². The minimum atomic E-state index is -0.228. The molecule has 16 heavy (non-hydrogen) atoms. The maximum Gasteiger partial charge on any atom is 0.0820 e. The highest BCUT2D eigenvalue weighted by Crippen LogP contribution is 2.28. The Morgan fingerprint density at radius 2 is 2.19 bits per heavy atom. The second kappa shape index (κ2) is 5.97. The van der Waals surface area contributed by atoms with Gasteiger partial charge in [-0.15, -0.1) is 0 Å². The van der Waals surface area contributed by atoms with Crippen LogP contribution in [0.1, 0.15) is 39.3 Å². The molecule has 0 radical (unpaired) electrons. The summed E-state index contributed by atoms with van der Waals surface area (Å²) in [6, 6.07) is 4.22. The molecule has 1 heterocycles. The van der Waals surface area contributed by atoms with Crippen molar-refractivity contribution in [2.45, 2.75) is 39.3 Å². The number of hydrogen-bond acceptors (Lipinski definition) is 3. The average molecular weight is 222 g/mol. The molecular weight excluding hydrogens is 200 g/mol. The first-order valence-corrected chi connectivity index (χ1v) is 5.89. The lowest BCUT2D eigenvalue weighted by atomic mass is 9.92. The monoisotopic (exact) mass is 222 g/mol. The van der Waals surface area contributed by atoms with Gasteiger partial charge in [0, 0.05) is 19.0 Å². The van der Waals surface area contributed by atoms with Crippen LogP contribution in [-0.4, -0.2) is 23.7 Å². The Hall–Kier alpha value is -0.930. The summed E-state index contributed by atoms with van der Waals surface area (Å²) in [4.78, 5) is 4.17. The number of hydrogen-bond donors (Lipinski definition) is 1. The molecule has 0 aromatic carbocycles. The topological polar surface area (TPSA) is 34.2 Å². The maximum atomic E-state index is 5.81. The van der Waals surface area contributed by atoms with Gasteiger partial charge in [0.05, 0.1) is 11.6 Å². The standard InChI is InChI=1S/C13H22N2O/c1-5-15-12(13(3,4)16-6-2)11-8-7-9-14-10-11/h7-10,12,15H,5-6H2,1-4H3. The summed E-state index contributed by atoms with van der Waals surface area (Å²) >= 11 is 0. The quantitative estimate of drug-likeness (QED) is 0.803. The number of ether oxygens (including phenoxy) is 1. The molecule has 90 valence electrons. The van der Waals surface area contributed by atoms with E-state index >= 15 is 0 Å². The van der Waals surface area contributed by atoms with Crippen molar-refractivity contribution in [3.8, 4) is 0 Å². The van der Waals surface area contributed by atoms with Crippen LogP contribution < -0.4 is 5.32 Å². The highest BCUT2D eigenvalue weighted by atomic mass is 16.5. The molecule has 1 unspecified atom stereocenters. The van der Waals surface area contributed by atoms with Crippen molar-refractivity contribution in [1.82, 2.24) is 10.3 Å². The number of pyridine rings is 1. The van der Waals surface area contributed by atoms with Crippen molar-refractivity contribution in [3.63, 3.8) is 0 Å². The van der Waals surface area contributed by atoms with Crippen LogP contribution in [0.5, 0.6) is 0 Å². The minimum absolute atomic E-state index is 0.172. The zero-order valence-corrected chi connectivity index (χ0v) is 10.7. The molecule has 0 aliphatic rings. The summed E-state index contributed by atoms with van der Waals surface area (Å²) in [6.45, 7) is 9.97. The Morgan fingerprint density at radius 3 is 2.69 bits per heavy atom. The van der Waals surface area contributed by atoms with Crippen molar-refractivity contribution >= 4 is 0 Å². The molecule has 0 fully saturated rings. The van der Waals surface area contributed by atoms with E-state index in [0.717, 1.165) is 13.2 Å². The van der Waals surface area contributed by atoms with Crippen LogP contribution in [0, 0.1) is 0 Å². The van der Waals surface area contributed by atoms with Crippen LogP contribution in [0.2, 0.25) is 0 Å². The summed E-state index contributed by atoms with van der Waals surface area (Å²) < 4.78 is 5.81. The molecule has 1 N–H and O–H groups in total. The largest absolute Gasteiger partial charge is 0.374 e. The molecule has 1 atom stereocenters. The summed E-state index contributed by atoms with van der Waals surface area (Å²) in [5.41, 5.74) is 0.941. The van der Waals surface area contributed by atoms with Gasteiger partial charge in [-0.3, -0.25) is 4.98 Å². The fourth-order valence-corrected chi connectivity index (χ4v) is 1.97.